The average Bonchev–Trinajstić information content (AvgIpc) is 2.46. The van der Waals surface area contributed by atoms with Crippen molar-refractivity contribution in [2.24, 2.45) is 5.92 Å². The molecular weight excluding hydrogens is 282 g/mol. The minimum atomic E-state index is -3.19. The van der Waals surface area contributed by atoms with Gasteiger partial charge in [0.1, 0.15) is 0 Å². The van der Waals surface area contributed by atoms with Crippen molar-refractivity contribution < 1.29 is 8.42 Å². The van der Waals surface area contributed by atoms with E-state index in [-0.39, 0.29) is 5.75 Å². The Morgan fingerprint density at radius 2 is 1.76 bits per heavy atom. The van der Waals surface area contributed by atoms with Crippen LogP contribution in [-0.2, 0) is 9.84 Å². The fourth-order valence-electron chi connectivity index (χ4n) is 2.26. The summed E-state index contributed by atoms with van der Waals surface area (Å²) in [4.78, 5) is 0.421. The van der Waals surface area contributed by atoms with Gasteiger partial charge in [-0.1, -0.05) is 44.2 Å². The fourth-order valence-corrected chi connectivity index (χ4v) is 3.60. The molecular formula is C17H23NO2S. The third-order valence-corrected chi connectivity index (χ3v) is 5.20. The lowest BCUT2D eigenvalue weighted by Gasteiger charge is -2.08. The van der Waals surface area contributed by atoms with Crippen LogP contribution in [0, 0.1) is 5.92 Å². The van der Waals surface area contributed by atoms with E-state index in [4.69, 9.17) is 0 Å². The third-order valence-electron chi connectivity index (χ3n) is 3.40. The van der Waals surface area contributed by atoms with Gasteiger partial charge in [-0.15, -0.1) is 0 Å². The smallest absolute Gasteiger partial charge is 0.178 e. The van der Waals surface area contributed by atoms with Gasteiger partial charge >= 0.3 is 0 Å². The number of hydrogen-bond donors (Lipinski definition) is 1. The van der Waals surface area contributed by atoms with Gasteiger partial charge in [0.25, 0.3) is 0 Å². The summed E-state index contributed by atoms with van der Waals surface area (Å²) in [5.41, 5.74) is 0. The van der Waals surface area contributed by atoms with Crippen LogP contribution in [0.5, 0.6) is 0 Å². The molecule has 0 spiro atoms. The molecule has 0 aliphatic rings. The maximum absolute atomic E-state index is 12.3. The van der Waals surface area contributed by atoms with Crippen molar-refractivity contribution in [1.82, 2.24) is 5.32 Å². The molecule has 0 amide bonds. The summed E-state index contributed by atoms with van der Waals surface area (Å²) in [7, 11) is -3.19. The summed E-state index contributed by atoms with van der Waals surface area (Å²) in [6.45, 7) is 5.94. The Labute approximate surface area is 127 Å². The molecule has 0 aromatic heterocycles. The summed E-state index contributed by atoms with van der Waals surface area (Å²) in [6, 6.07) is 13.2. The van der Waals surface area contributed by atoms with Crippen molar-refractivity contribution in [3.8, 4) is 0 Å². The summed E-state index contributed by atoms with van der Waals surface area (Å²) < 4.78 is 24.7. The lowest BCUT2D eigenvalue weighted by Crippen LogP contribution is -2.22. The van der Waals surface area contributed by atoms with Gasteiger partial charge in [-0.2, -0.15) is 0 Å². The van der Waals surface area contributed by atoms with E-state index in [0.717, 1.165) is 23.9 Å². The molecule has 0 aliphatic heterocycles. The number of benzene rings is 2. The molecule has 2 aromatic rings. The van der Waals surface area contributed by atoms with Gasteiger partial charge < -0.3 is 5.32 Å². The molecule has 3 nitrogen and oxygen atoms in total. The molecule has 2 rings (SSSR count). The van der Waals surface area contributed by atoms with Crippen LogP contribution in [-0.4, -0.2) is 27.3 Å². The standard InChI is InChI=1S/C17H23NO2S/c1-14(2)13-18-10-5-11-21(19,20)17-9-8-15-6-3-4-7-16(15)12-17/h3-4,6-9,12,14,18H,5,10-11,13H2,1-2H3. The second-order valence-corrected chi connectivity index (χ2v) is 7.89. The van der Waals surface area contributed by atoms with Crippen molar-refractivity contribution in [3.05, 3.63) is 42.5 Å². The van der Waals surface area contributed by atoms with Crippen LogP contribution in [0.4, 0.5) is 0 Å². The molecule has 0 fully saturated rings. The monoisotopic (exact) mass is 305 g/mol. The van der Waals surface area contributed by atoms with Gasteiger partial charge in [0, 0.05) is 0 Å². The quantitative estimate of drug-likeness (QED) is 0.799. The Morgan fingerprint density at radius 1 is 1.05 bits per heavy atom. The molecule has 21 heavy (non-hydrogen) atoms. The average molecular weight is 305 g/mol. The molecule has 1 N–H and O–H groups in total. The van der Waals surface area contributed by atoms with Gasteiger partial charge in [-0.05, 0) is 48.3 Å². The summed E-state index contributed by atoms with van der Waals surface area (Å²) >= 11 is 0. The Balaban J connectivity index is 2.00. The Hall–Kier alpha value is -1.39. The number of nitrogens with one attached hydrogen (secondary N) is 1. The maximum atomic E-state index is 12.3. The molecule has 0 atom stereocenters. The minimum Gasteiger partial charge on any atom is -0.316 e. The summed E-state index contributed by atoms with van der Waals surface area (Å²) in [6.07, 6.45) is 0.641. The van der Waals surface area contributed by atoms with Crippen LogP contribution in [0.3, 0.4) is 0 Å². The SMILES string of the molecule is CC(C)CNCCCS(=O)(=O)c1ccc2ccccc2c1. The van der Waals surface area contributed by atoms with E-state index in [1.54, 1.807) is 12.1 Å². The largest absolute Gasteiger partial charge is 0.316 e. The highest BCUT2D eigenvalue weighted by Crippen LogP contribution is 2.20. The first kappa shape index (κ1) is 16.0. The highest BCUT2D eigenvalue weighted by Gasteiger charge is 2.14. The molecule has 0 unspecified atom stereocenters. The van der Waals surface area contributed by atoms with Gasteiger partial charge in [0.05, 0.1) is 10.6 Å². The van der Waals surface area contributed by atoms with Crippen LogP contribution in [0.25, 0.3) is 10.8 Å². The van der Waals surface area contributed by atoms with Gasteiger partial charge in [-0.25, -0.2) is 8.42 Å². The first-order chi connectivity index (χ1) is 9.99. The van der Waals surface area contributed by atoms with Crippen molar-refractivity contribution in [3.63, 3.8) is 0 Å². The molecule has 0 bridgehead atoms. The van der Waals surface area contributed by atoms with Crippen molar-refractivity contribution in [2.75, 3.05) is 18.8 Å². The first-order valence-electron chi connectivity index (χ1n) is 7.41. The lowest BCUT2D eigenvalue weighted by atomic mass is 10.1. The zero-order chi connectivity index (χ0) is 15.3. The minimum absolute atomic E-state index is 0.191. The number of rotatable bonds is 7. The molecule has 0 radical (unpaired) electrons. The van der Waals surface area contributed by atoms with E-state index in [0.29, 0.717) is 17.2 Å². The van der Waals surface area contributed by atoms with E-state index in [1.807, 2.05) is 30.3 Å². The summed E-state index contributed by atoms with van der Waals surface area (Å²) in [5.74, 6) is 0.776. The number of hydrogen-bond acceptors (Lipinski definition) is 3. The Kier molecular flexibility index (Phi) is 5.37. The van der Waals surface area contributed by atoms with Crippen LogP contribution < -0.4 is 5.32 Å². The molecule has 0 aliphatic carbocycles. The van der Waals surface area contributed by atoms with E-state index in [1.165, 1.54) is 0 Å². The predicted octanol–water partition coefficient (Wildman–Crippen LogP) is 3.25. The van der Waals surface area contributed by atoms with Crippen LogP contribution in [0.2, 0.25) is 0 Å². The topological polar surface area (TPSA) is 46.2 Å². The van der Waals surface area contributed by atoms with Crippen LogP contribution in [0.15, 0.2) is 47.4 Å². The van der Waals surface area contributed by atoms with Gasteiger partial charge in [0.15, 0.2) is 9.84 Å². The maximum Gasteiger partial charge on any atom is 0.178 e. The second-order valence-electron chi connectivity index (χ2n) is 5.78. The Morgan fingerprint density at radius 3 is 2.48 bits per heavy atom. The summed E-state index contributed by atoms with van der Waals surface area (Å²) in [5, 5.41) is 5.31. The second kappa shape index (κ2) is 7.05. The van der Waals surface area contributed by atoms with Gasteiger partial charge in [-0.3, -0.25) is 0 Å². The van der Waals surface area contributed by atoms with Crippen molar-refractivity contribution in [1.29, 1.82) is 0 Å². The normalized spacial score (nSPS) is 12.1. The highest BCUT2D eigenvalue weighted by molar-refractivity contribution is 7.91. The molecule has 0 saturated carbocycles. The molecule has 0 saturated heterocycles. The number of sulfone groups is 1. The molecule has 114 valence electrons. The van der Waals surface area contributed by atoms with Crippen molar-refractivity contribution >= 4 is 20.6 Å². The fraction of sp³-hybridized carbons (Fsp3) is 0.412. The molecule has 4 heteroatoms. The lowest BCUT2D eigenvalue weighted by molar-refractivity contribution is 0.546. The van der Waals surface area contributed by atoms with Gasteiger partial charge in [0.2, 0.25) is 0 Å². The molecule has 0 heterocycles. The van der Waals surface area contributed by atoms with E-state index >= 15 is 0 Å². The molecule has 2 aromatic carbocycles. The van der Waals surface area contributed by atoms with Crippen molar-refractivity contribution in [2.45, 2.75) is 25.2 Å². The zero-order valence-corrected chi connectivity index (χ0v) is 13.5. The Bertz CT molecular complexity index is 693. The van der Waals surface area contributed by atoms with E-state index in [2.05, 4.69) is 19.2 Å². The first-order valence-corrected chi connectivity index (χ1v) is 9.06. The van der Waals surface area contributed by atoms with E-state index in [9.17, 15) is 8.42 Å². The zero-order valence-electron chi connectivity index (χ0n) is 12.7. The van der Waals surface area contributed by atoms with Crippen LogP contribution >= 0.6 is 0 Å². The predicted molar refractivity (Wildman–Crippen MR) is 88.3 cm³/mol. The third kappa shape index (κ3) is 4.55. The highest BCUT2D eigenvalue weighted by atomic mass is 32.2. The van der Waals surface area contributed by atoms with Crippen LogP contribution in [0.1, 0.15) is 20.3 Å². The van der Waals surface area contributed by atoms with E-state index < -0.39 is 9.84 Å². The number of fused-ring (bicyclic) bond motifs is 1.